The van der Waals surface area contributed by atoms with Crippen LogP contribution in [0.2, 0.25) is 0 Å². The molecular weight excluding hydrogens is 1060 g/mol. The smallest absolute Gasteiger partial charge is 0.410 e. The lowest BCUT2D eigenvalue weighted by Crippen LogP contribution is -2.55. The highest BCUT2D eigenvalue weighted by Gasteiger charge is 2.42. The summed E-state index contributed by atoms with van der Waals surface area (Å²) in [5.41, 5.74) is 4.91. The number of hydrogen-bond acceptors (Lipinski definition) is 17. The second-order valence-electron chi connectivity index (χ2n) is 20.9. The third-order valence-corrected chi connectivity index (χ3v) is 18.8. The van der Waals surface area contributed by atoms with Crippen LogP contribution in [0.25, 0.3) is 11.3 Å². The van der Waals surface area contributed by atoms with Crippen molar-refractivity contribution in [3.63, 3.8) is 0 Å². The molecule has 0 bridgehead atoms. The maximum absolute atomic E-state index is 14.2. The summed E-state index contributed by atoms with van der Waals surface area (Å²) < 4.78 is 20.1. The highest BCUT2D eigenvalue weighted by atomic mass is 33.1. The number of anilines is 4. The van der Waals surface area contributed by atoms with Gasteiger partial charge >= 0.3 is 6.09 Å². The van der Waals surface area contributed by atoms with E-state index in [1.54, 1.807) is 65.2 Å². The number of ether oxygens (including phenoxy) is 3. The quantitative estimate of drug-likeness (QED) is 0.0342. The van der Waals surface area contributed by atoms with E-state index < -0.39 is 11.9 Å². The number of benzene rings is 2. The van der Waals surface area contributed by atoms with Crippen LogP contribution in [0.1, 0.15) is 125 Å². The molecule has 1 saturated heterocycles. The van der Waals surface area contributed by atoms with Crippen molar-refractivity contribution in [2.45, 2.75) is 151 Å². The van der Waals surface area contributed by atoms with E-state index in [0.717, 1.165) is 73.3 Å². The van der Waals surface area contributed by atoms with Gasteiger partial charge in [-0.3, -0.25) is 24.5 Å². The minimum absolute atomic E-state index is 0.0160. The van der Waals surface area contributed by atoms with Gasteiger partial charge in [0.2, 0.25) is 23.7 Å². The second-order valence-corrected chi connectivity index (χ2v) is 23.5. The molecule has 20 nitrogen and oxygen atoms in total. The van der Waals surface area contributed by atoms with Gasteiger partial charge < -0.3 is 39.1 Å². The van der Waals surface area contributed by atoms with E-state index in [-0.39, 0.29) is 78.9 Å². The van der Waals surface area contributed by atoms with Crippen LogP contribution >= 0.6 is 21.6 Å². The molecule has 5 amide bonds. The fourth-order valence-corrected chi connectivity index (χ4v) is 13.6. The molecule has 2 N–H and O–H groups in total. The Hall–Kier alpha value is -7.22. The normalized spacial score (nSPS) is 20.8. The summed E-state index contributed by atoms with van der Waals surface area (Å²) in [7, 11) is 6.58. The van der Waals surface area contributed by atoms with Gasteiger partial charge in [0.15, 0.2) is 5.82 Å². The first-order valence-electron chi connectivity index (χ1n) is 27.7. The third-order valence-electron chi connectivity index (χ3n) is 15.9. The molecule has 3 fully saturated rings. The average molecular weight is 1130 g/mol. The Bertz CT molecular complexity index is 3140. The number of carbonyl (C=O) groups excluding carboxylic acids is 5. The molecule has 4 atom stereocenters. The number of nitrogens with zero attached hydrogens (tertiary/aromatic N) is 10. The fourth-order valence-electron chi connectivity index (χ4n) is 11.3. The van der Waals surface area contributed by atoms with Gasteiger partial charge in [0.25, 0.3) is 5.91 Å². The Morgan fingerprint density at radius 1 is 0.963 bits per heavy atom. The number of aromatic nitrogens is 6. The maximum Gasteiger partial charge on any atom is 0.410 e. The first-order valence-corrected chi connectivity index (χ1v) is 29.9. The first kappa shape index (κ1) is 56.1. The van der Waals surface area contributed by atoms with Crippen molar-refractivity contribution in [3.05, 3.63) is 89.9 Å². The molecule has 2 aliphatic carbocycles. The van der Waals surface area contributed by atoms with Gasteiger partial charge in [-0.1, -0.05) is 65.8 Å². The number of nitrogens with one attached hydrogen (secondary N) is 2. The maximum atomic E-state index is 14.2. The molecule has 0 spiro atoms. The van der Waals surface area contributed by atoms with Crippen LogP contribution in [0.5, 0.6) is 5.75 Å². The standard InChI is InChI=1S/C58H68N12O8S2/c1-6-47-56(74)66(4)49-33-60-57(63-53(49)70(47)42-16-7-8-17-42)61-45-25-20-39(32-50(45)76-5)46-35-69(65-64-46)41-23-21-40(22-24-41)67(58(75)78-36(2)37(3)79-80-52-19-9-11-28-59-52)29-31-77-30-12-10-14-38-15-13-18-43-44(38)34-68(55(43)73)48-26-27-51(71)62-54(48)72/h9,11,13,15,18-20,25,28,32-33,35-37,40-42,47-48H,6-8,12,16-17,21-24,26-27,29-31,34H2,1-5H3,(H,60,61,63)(H,62,71,72)/t36?,37?,40-,41+,47-,48?/m1/s1. The van der Waals surface area contributed by atoms with Crippen molar-refractivity contribution in [3.8, 4) is 28.8 Å². The molecule has 2 aromatic carbocycles. The van der Waals surface area contributed by atoms with Crippen LogP contribution in [0, 0.1) is 11.8 Å². The Kier molecular flexibility index (Phi) is 17.9. The highest BCUT2D eigenvalue weighted by Crippen LogP contribution is 2.42. The van der Waals surface area contributed by atoms with E-state index >= 15 is 0 Å². The Morgan fingerprint density at radius 2 is 1.79 bits per heavy atom. The average Bonchev–Trinajstić information content (AvgIpc) is 4.31. The third kappa shape index (κ3) is 12.4. The van der Waals surface area contributed by atoms with Crippen molar-refractivity contribution in [2.24, 2.45) is 0 Å². The summed E-state index contributed by atoms with van der Waals surface area (Å²) in [5, 5.41) is 15.8. The molecule has 80 heavy (non-hydrogen) atoms. The fraction of sp³-hybridized carbons (Fsp3) is 0.483. The van der Waals surface area contributed by atoms with E-state index in [4.69, 9.17) is 19.2 Å². The van der Waals surface area contributed by atoms with Crippen molar-refractivity contribution >= 4 is 74.5 Å². The lowest BCUT2D eigenvalue weighted by molar-refractivity contribution is -0.137. The monoisotopic (exact) mass is 1120 g/mol. The second kappa shape index (κ2) is 25.5. The summed E-state index contributed by atoms with van der Waals surface area (Å²) in [4.78, 5) is 86.6. The lowest BCUT2D eigenvalue weighted by atomic mass is 9.90. The summed E-state index contributed by atoms with van der Waals surface area (Å²) in [5.74, 6) is 7.19. The van der Waals surface area contributed by atoms with Crippen LogP contribution in [-0.4, -0.2) is 139 Å². The predicted molar refractivity (Wildman–Crippen MR) is 305 cm³/mol. The number of amides is 5. The van der Waals surface area contributed by atoms with Gasteiger partial charge in [0, 0.05) is 73.2 Å². The van der Waals surface area contributed by atoms with Gasteiger partial charge in [-0.25, -0.2) is 19.4 Å². The van der Waals surface area contributed by atoms with Gasteiger partial charge in [-0.15, -0.1) is 5.10 Å². The number of imide groups is 1. The van der Waals surface area contributed by atoms with E-state index in [2.05, 4.69) is 54.6 Å². The lowest BCUT2D eigenvalue weighted by Gasteiger charge is -2.43. The van der Waals surface area contributed by atoms with Crippen molar-refractivity contribution in [2.75, 3.05) is 49.0 Å². The van der Waals surface area contributed by atoms with Crippen LogP contribution < -0.4 is 25.2 Å². The Balaban J connectivity index is 0.759. The Morgan fingerprint density at radius 3 is 2.55 bits per heavy atom. The molecule has 420 valence electrons. The largest absolute Gasteiger partial charge is 0.495 e. The van der Waals surface area contributed by atoms with Crippen molar-refractivity contribution in [1.29, 1.82) is 0 Å². The molecule has 3 unspecified atom stereocenters. The number of hydrogen-bond donors (Lipinski definition) is 2. The first-order chi connectivity index (χ1) is 38.9. The van der Waals surface area contributed by atoms with Crippen LogP contribution in [-0.2, 0) is 30.4 Å². The molecule has 6 heterocycles. The summed E-state index contributed by atoms with van der Waals surface area (Å²) in [6.07, 6.45) is 13.6. The zero-order valence-corrected chi connectivity index (χ0v) is 47.5. The van der Waals surface area contributed by atoms with E-state index in [9.17, 15) is 24.0 Å². The van der Waals surface area contributed by atoms with Crippen molar-refractivity contribution in [1.82, 2.24) is 45.1 Å². The summed E-state index contributed by atoms with van der Waals surface area (Å²) >= 11 is 0. The minimum Gasteiger partial charge on any atom is -0.495 e. The van der Waals surface area contributed by atoms with Crippen LogP contribution in [0.3, 0.4) is 0 Å². The number of fused-ring (bicyclic) bond motifs is 2. The van der Waals surface area contributed by atoms with Crippen LogP contribution in [0.4, 0.5) is 27.9 Å². The van der Waals surface area contributed by atoms with Gasteiger partial charge in [-0.05, 0) is 118 Å². The molecule has 3 aromatic heterocycles. The van der Waals surface area contributed by atoms with E-state index in [0.29, 0.717) is 72.3 Å². The highest BCUT2D eigenvalue weighted by molar-refractivity contribution is 8.76. The zero-order chi connectivity index (χ0) is 55.9. The molecule has 5 aliphatic rings. The van der Waals surface area contributed by atoms with Gasteiger partial charge in [0.1, 0.15) is 40.3 Å². The summed E-state index contributed by atoms with van der Waals surface area (Å²) in [6.45, 7) is 7.21. The number of piperidine rings is 1. The number of rotatable bonds is 19. The Labute approximate surface area is 474 Å². The zero-order valence-electron chi connectivity index (χ0n) is 45.8. The van der Waals surface area contributed by atoms with E-state index in [1.165, 1.54) is 4.90 Å². The van der Waals surface area contributed by atoms with E-state index in [1.807, 2.05) is 72.1 Å². The molecule has 5 aromatic rings. The molecule has 10 rings (SSSR count). The summed E-state index contributed by atoms with van der Waals surface area (Å²) in [6, 6.07) is 16.3. The minimum atomic E-state index is -0.700. The molecule has 0 radical (unpaired) electrons. The van der Waals surface area contributed by atoms with Crippen molar-refractivity contribution < 1.29 is 38.2 Å². The predicted octanol–water partition coefficient (Wildman–Crippen LogP) is 8.75. The molecule has 2 saturated carbocycles. The number of methoxy groups -OCH3 is 1. The SMILES string of the molecule is CC[C@@H]1C(=O)N(C)c2cnc(Nc3ccc(-c4cn([C@H]5CC[C@@H](N(CCOCCC#Cc6cccc7c6CN(C6CCC(=O)NC6=O)C7=O)C(=O)OC(C)C(C)SSc6ccccn6)CC5)nn4)cc3OC)nc2N1C1CCCC1. The molecule has 22 heteroatoms. The topological polar surface area (TPSA) is 219 Å². The molecular formula is C58H68N12O8S2. The molecule has 3 aliphatic heterocycles. The van der Waals surface area contributed by atoms with Gasteiger partial charge in [0.05, 0.1) is 44.4 Å². The van der Waals surface area contributed by atoms with Gasteiger partial charge in [-0.2, -0.15) is 4.98 Å². The number of likely N-dealkylation sites (N-methyl/N-ethyl adjacent to an activating group) is 1. The number of pyridine rings is 1. The van der Waals surface area contributed by atoms with Crippen LogP contribution in [0.15, 0.2) is 78.2 Å². The number of carbonyl (C=O) groups is 5.